The molecule has 0 aliphatic carbocycles. The number of nitrogens with one attached hydrogen (secondary N) is 1. The summed E-state index contributed by atoms with van der Waals surface area (Å²) in [5.74, 6) is 0. The minimum absolute atomic E-state index is 0.144. The number of rotatable bonds is 1. The zero-order valence-electron chi connectivity index (χ0n) is 10.7. The van der Waals surface area contributed by atoms with Gasteiger partial charge in [-0.2, -0.15) is 5.10 Å². The maximum Gasteiger partial charge on any atom is 0.0791 e. The van der Waals surface area contributed by atoms with Crippen LogP contribution >= 0.6 is 0 Å². The molecular formula is C12H22N4. The van der Waals surface area contributed by atoms with Crippen LogP contribution in [0.3, 0.4) is 0 Å². The van der Waals surface area contributed by atoms with Gasteiger partial charge in [0.1, 0.15) is 0 Å². The smallest absolute Gasteiger partial charge is 0.0791 e. The maximum absolute atomic E-state index is 4.41. The summed E-state index contributed by atoms with van der Waals surface area (Å²) in [7, 11) is 2.03. The topological polar surface area (TPSA) is 33.1 Å². The number of aryl methyl sites for hydroxylation is 1. The summed E-state index contributed by atoms with van der Waals surface area (Å²) in [6.45, 7) is 11.0. The summed E-state index contributed by atoms with van der Waals surface area (Å²) in [6.07, 6.45) is 2.01. The lowest BCUT2D eigenvalue weighted by Gasteiger charge is -2.32. The molecule has 0 saturated carbocycles. The lowest BCUT2D eigenvalue weighted by atomic mass is 9.90. The van der Waals surface area contributed by atoms with E-state index in [2.05, 4.69) is 36.1 Å². The van der Waals surface area contributed by atoms with E-state index in [1.807, 2.05) is 17.9 Å². The predicted molar refractivity (Wildman–Crippen MR) is 67.0 cm³/mol. The van der Waals surface area contributed by atoms with Crippen LogP contribution in [0.4, 0.5) is 5.69 Å². The molecule has 0 atom stereocenters. The summed E-state index contributed by atoms with van der Waals surface area (Å²) >= 11 is 0. The first-order valence-electron chi connectivity index (χ1n) is 5.98. The number of nitrogens with zero attached hydrogens (tertiary/aromatic N) is 3. The molecular weight excluding hydrogens is 200 g/mol. The molecule has 2 heterocycles. The van der Waals surface area contributed by atoms with Gasteiger partial charge in [0.05, 0.1) is 17.6 Å². The van der Waals surface area contributed by atoms with Crippen LogP contribution in [0.5, 0.6) is 0 Å². The van der Waals surface area contributed by atoms with Crippen molar-refractivity contribution in [2.75, 3.05) is 31.1 Å². The number of anilines is 1. The number of aromatic nitrogens is 2. The molecule has 1 aliphatic rings. The van der Waals surface area contributed by atoms with Gasteiger partial charge in [0, 0.05) is 38.6 Å². The van der Waals surface area contributed by atoms with E-state index >= 15 is 0 Å². The highest BCUT2D eigenvalue weighted by Crippen LogP contribution is 2.31. The van der Waals surface area contributed by atoms with E-state index in [0.29, 0.717) is 0 Å². The van der Waals surface area contributed by atoms with Crippen LogP contribution < -0.4 is 10.2 Å². The minimum Gasteiger partial charge on any atom is -0.366 e. The Balaban J connectivity index is 2.33. The van der Waals surface area contributed by atoms with E-state index in [-0.39, 0.29) is 5.41 Å². The van der Waals surface area contributed by atoms with Gasteiger partial charge in [0.25, 0.3) is 0 Å². The molecule has 4 heteroatoms. The average Bonchev–Trinajstić information content (AvgIpc) is 2.61. The number of piperazine rings is 1. The lowest BCUT2D eigenvalue weighted by Crippen LogP contribution is -2.44. The highest BCUT2D eigenvalue weighted by molar-refractivity contribution is 5.52. The van der Waals surface area contributed by atoms with Crippen molar-refractivity contribution in [1.29, 1.82) is 0 Å². The first kappa shape index (κ1) is 11.5. The third-order valence-corrected chi connectivity index (χ3v) is 3.09. The van der Waals surface area contributed by atoms with Crippen LogP contribution in [0.15, 0.2) is 6.20 Å². The molecule has 1 N–H and O–H groups in total. The zero-order valence-corrected chi connectivity index (χ0v) is 10.7. The third kappa shape index (κ3) is 2.07. The summed E-state index contributed by atoms with van der Waals surface area (Å²) in [6, 6.07) is 0. The quantitative estimate of drug-likeness (QED) is 0.773. The molecule has 0 unspecified atom stereocenters. The molecule has 1 aromatic rings. The normalized spacial score (nSPS) is 17.9. The van der Waals surface area contributed by atoms with Crippen LogP contribution in [0.1, 0.15) is 26.5 Å². The van der Waals surface area contributed by atoms with Crippen LogP contribution in [-0.4, -0.2) is 36.0 Å². The Morgan fingerprint density at radius 1 is 1.25 bits per heavy atom. The van der Waals surface area contributed by atoms with E-state index in [4.69, 9.17) is 0 Å². The van der Waals surface area contributed by atoms with Gasteiger partial charge < -0.3 is 10.2 Å². The Kier molecular flexibility index (Phi) is 2.93. The molecule has 0 radical (unpaired) electrons. The molecule has 0 spiro atoms. The van der Waals surface area contributed by atoms with Gasteiger partial charge in [0.15, 0.2) is 0 Å². The number of hydrogen-bond donors (Lipinski definition) is 1. The van der Waals surface area contributed by atoms with Crippen molar-refractivity contribution < 1.29 is 0 Å². The fraction of sp³-hybridized carbons (Fsp3) is 0.750. The Morgan fingerprint density at radius 3 is 2.44 bits per heavy atom. The van der Waals surface area contributed by atoms with Crippen molar-refractivity contribution in [1.82, 2.24) is 15.1 Å². The second kappa shape index (κ2) is 4.09. The monoisotopic (exact) mass is 222 g/mol. The molecule has 2 rings (SSSR count). The molecule has 0 amide bonds. The van der Waals surface area contributed by atoms with Crippen molar-refractivity contribution in [2.45, 2.75) is 26.2 Å². The fourth-order valence-electron chi connectivity index (χ4n) is 2.43. The Morgan fingerprint density at radius 2 is 1.88 bits per heavy atom. The lowest BCUT2D eigenvalue weighted by molar-refractivity contribution is 0.516. The van der Waals surface area contributed by atoms with E-state index in [9.17, 15) is 0 Å². The summed E-state index contributed by atoms with van der Waals surface area (Å²) < 4.78 is 2.01. The highest BCUT2D eigenvalue weighted by atomic mass is 15.3. The molecule has 1 fully saturated rings. The standard InChI is InChI=1S/C12H22N4/c1-12(2,3)11-10(9-14-15(11)4)16-7-5-13-6-8-16/h9,13H,5-8H2,1-4H3. The first-order valence-corrected chi connectivity index (χ1v) is 5.98. The summed E-state index contributed by atoms with van der Waals surface area (Å²) in [5.41, 5.74) is 2.77. The van der Waals surface area contributed by atoms with E-state index < -0.39 is 0 Å². The predicted octanol–water partition coefficient (Wildman–Crippen LogP) is 1.13. The number of hydrogen-bond acceptors (Lipinski definition) is 3. The van der Waals surface area contributed by atoms with Crippen molar-refractivity contribution in [3.8, 4) is 0 Å². The molecule has 0 aromatic carbocycles. The van der Waals surface area contributed by atoms with Crippen LogP contribution in [0, 0.1) is 0 Å². The van der Waals surface area contributed by atoms with Gasteiger partial charge >= 0.3 is 0 Å². The summed E-state index contributed by atoms with van der Waals surface area (Å²) in [4.78, 5) is 2.43. The second-order valence-electron chi connectivity index (χ2n) is 5.49. The largest absolute Gasteiger partial charge is 0.366 e. The molecule has 16 heavy (non-hydrogen) atoms. The molecule has 1 aromatic heterocycles. The van der Waals surface area contributed by atoms with Crippen LogP contribution in [-0.2, 0) is 12.5 Å². The maximum atomic E-state index is 4.41. The van der Waals surface area contributed by atoms with Crippen LogP contribution in [0.2, 0.25) is 0 Å². The third-order valence-electron chi connectivity index (χ3n) is 3.09. The molecule has 1 saturated heterocycles. The highest BCUT2D eigenvalue weighted by Gasteiger charge is 2.26. The van der Waals surface area contributed by atoms with Gasteiger partial charge in [0.2, 0.25) is 0 Å². The summed E-state index contributed by atoms with van der Waals surface area (Å²) in [5, 5.41) is 7.79. The Labute approximate surface area is 97.6 Å². The molecule has 0 bridgehead atoms. The van der Waals surface area contributed by atoms with Gasteiger partial charge in [-0.25, -0.2) is 0 Å². The molecule has 90 valence electrons. The first-order chi connectivity index (χ1) is 7.50. The minimum atomic E-state index is 0.144. The van der Waals surface area contributed by atoms with Crippen molar-refractivity contribution in [3.63, 3.8) is 0 Å². The Bertz CT molecular complexity index is 356. The van der Waals surface area contributed by atoms with Crippen molar-refractivity contribution >= 4 is 5.69 Å². The average molecular weight is 222 g/mol. The van der Waals surface area contributed by atoms with Gasteiger partial charge in [-0.05, 0) is 0 Å². The molecule has 4 nitrogen and oxygen atoms in total. The van der Waals surface area contributed by atoms with Gasteiger partial charge in [-0.1, -0.05) is 20.8 Å². The van der Waals surface area contributed by atoms with Gasteiger partial charge in [-0.3, -0.25) is 4.68 Å². The van der Waals surface area contributed by atoms with Gasteiger partial charge in [-0.15, -0.1) is 0 Å². The van der Waals surface area contributed by atoms with E-state index in [1.165, 1.54) is 11.4 Å². The van der Waals surface area contributed by atoms with E-state index in [1.54, 1.807) is 0 Å². The Hall–Kier alpha value is -1.03. The SMILES string of the molecule is Cn1ncc(N2CCNCC2)c1C(C)(C)C. The molecule has 1 aliphatic heterocycles. The van der Waals surface area contributed by atoms with E-state index in [0.717, 1.165) is 26.2 Å². The van der Waals surface area contributed by atoms with Crippen LogP contribution in [0.25, 0.3) is 0 Å². The second-order valence-corrected chi connectivity index (χ2v) is 5.49. The van der Waals surface area contributed by atoms with Crippen molar-refractivity contribution in [2.24, 2.45) is 7.05 Å². The zero-order chi connectivity index (χ0) is 11.8. The van der Waals surface area contributed by atoms with Crippen molar-refractivity contribution in [3.05, 3.63) is 11.9 Å². The fourth-order valence-corrected chi connectivity index (χ4v) is 2.43.